The summed E-state index contributed by atoms with van der Waals surface area (Å²) in [6, 6.07) is 0. The zero-order valence-electron chi connectivity index (χ0n) is 11.8. The number of piperidine rings is 1. The number of nitrogens with zero attached hydrogens (tertiary/aromatic N) is 1. The lowest BCUT2D eigenvalue weighted by Crippen LogP contribution is -2.45. The predicted molar refractivity (Wildman–Crippen MR) is 73.2 cm³/mol. The number of nitrogens with one attached hydrogen (secondary N) is 1. The highest BCUT2D eigenvalue weighted by Crippen LogP contribution is 2.25. The minimum atomic E-state index is 0.371. The van der Waals surface area contributed by atoms with Gasteiger partial charge in [0.1, 0.15) is 0 Å². The van der Waals surface area contributed by atoms with Crippen molar-refractivity contribution in [3.8, 4) is 0 Å². The summed E-state index contributed by atoms with van der Waals surface area (Å²) in [5.41, 5.74) is 0.391. The monoisotopic (exact) mass is 242 g/mol. The summed E-state index contributed by atoms with van der Waals surface area (Å²) < 4.78 is 0. The fourth-order valence-corrected chi connectivity index (χ4v) is 2.59. The number of aliphatic hydroxyl groups is 1. The average molecular weight is 242 g/mol. The molecule has 1 aliphatic rings. The van der Waals surface area contributed by atoms with Crippen molar-refractivity contribution in [2.45, 2.75) is 40.0 Å². The van der Waals surface area contributed by atoms with E-state index in [1.165, 1.54) is 13.0 Å². The molecule has 1 saturated heterocycles. The quantitative estimate of drug-likeness (QED) is 0.713. The van der Waals surface area contributed by atoms with Gasteiger partial charge in [0.15, 0.2) is 0 Å². The van der Waals surface area contributed by atoms with Crippen molar-refractivity contribution in [2.75, 3.05) is 39.3 Å². The molecule has 1 atom stereocenters. The summed E-state index contributed by atoms with van der Waals surface area (Å²) in [6.45, 7) is 12.9. The SMILES string of the molecule is CCNCC(C)(CC)CN1CCC(CO)CC1. The molecule has 2 N–H and O–H groups in total. The van der Waals surface area contributed by atoms with Gasteiger partial charge in [0, 0.05) is 19.7 Å². The molecule has 3 nitrogen and oxygen atoms in total. The number of hydrogen-bond donors (Lipinski definition) is 2. The van der Waals surface area contributed by atoms with Crippen LogP contribution in [0.3, 0.4) is 0 Å². The molecular formula is C14H30N2O. The van der Waals surface area contributed by atoms with Crippen LogP contribution in [0, 0.1) is 11.3 Å². The van der Waals surface area contributed by atoms with Crippen LogP contribution < -0.4 is 5.32 Å². The number of rotatable bonds is 7. The van der Waals surface area contributed by atoms with Gasteiger partial charge in [0.25, 0.3) is 0 Å². The maximum absolute atomic E-state index is 9.14. The van der Waals surface area contributed by atoms with Crippen LogP contribution in [0.5, 0.6) is 0 Å². The lowest BCUT2D eigenvalue weighted by atomic mass is 9.85. The maximum Gasteiger partial charge on any atom is 0.0460 e. The largest absolute Gasteiger partial charge is 0.396 e. The van der Waals surface area contributed by atoms with E-state index >= 15 is 0 Å². The summed E-state index contributed by atoms with van der Waals surface area (Å²) in [6.07, 6.45) is 3.55. The summed E-state index contributed by atoms with van der Waals surface area (Å²) in [4.78, 5) is 2.58. The molecule has 0 amide bonds. The molecule has 0 aromatic heterocycles. The van der Waals surface area contributed by atoms with Gasteiger partial charge in [-0.2, -0.15) is 0 Å². The molecule has 3 heteroatoms. The molecule has 1 unspecified atom stereocenters. The van der Waals surface area contributed by atoms with E-state index in [2.05, 4.69) is 31.0 Å². The third-order valence-electron chi connectivity index (χ3n) is 4.23. The van der Waals surface area contributed by atoms with Crippen molar-refractivity contribution in [3.63, 3.8) is 0 Å². The normalized spacial score (nSPS) is 22.6. The summed E-state index contributed by atoms with van der Waals surface area (Å²) in [5.74, 6) is 0.549. The molecule has 1 aliphatic heterocycles. The summed E-state index contributed by atoms with van der Waals surface area (Å²) >= 11 is 0. The third kappa shape index (κ3) is 4.94. The van der Waals surface area contributed by atoms with Gasteiger partial charge in [-0.3, -0.25) is 0 Å². The zero-order valence-corrected chi connectivity index (χ0v) is 11.8. The molecule has 17 heavy (non-hydrogen) atoms. The Bertz CT molecular complexity index is 202. The fourth-order valence-electron chi connectivity index (χ4n) is 2.59. The van der Waals surface area contributed by atoms with Gasteiger partial charge < -0.3 is 15.3 Å². The second-order valence-corrected chi connectivity index (χ2v) is 5.85. The molecule has 0 aromatic carbocycles. The summed E-state index contributed by atoms with van der Waals surface area (Å²) in [5, 5.41) is 12.6. The minimum absolute atomic E-state index is 0.371. The molecule has 0 bridgehead atoms. The Morgan fingerprint density at radius 2 is 1.94 bits per heavy atom. The fraction of sp³-hybridized carbons (Fsp3) is 1.00. The standard InChI is InChI=1S/C14H30N2O/c1-4-14(3,11-15-5-2)12-16-8-6-13(10-17)7-9-16/h13,15,17H,4-12H2,1-3H3. The van der Waals surface area contributed by atoms with Gasteiger partial charge in [-0.1, -0.05) is 20.8 Å². The van der Waals surface area contributed by atoms with Gasteiger partial charge in [0.2, 0.25) is 0 Å². The van der Waals surface area contributed by atoms with Crippen molar-refractivity contribution < 1.29 is 5.11 Å². The number of likely N-dealkylation sites (tertiary alicyclic amines) is 1. The Balaban J connectivity index is 2.35. The Morgan fingerprint density at radius 1 is 1.29 bits per heavy atom. The van der Waals surface area contributed by atoms with Crippen molar-refractivity contribution in [1.29, 1.82) is 0 Å². The first kappa shape index (κ1) is 14.9. The molecule has 0 spiro atoms. The van der Waals surface area contributed by atoms with Gasteiger partial charge in [-0.25, -0.2) is 0 Å². The highest BCUT2D eigenvalue weighted by molar-refractivity contribution is 4.82. The van der Waals surface area contributed by atoms with Crippen molar-refractivity contribution >= 4 is 0 Å². The van der Waals surface area contributed by atoms with E-state index < -0.39 is 0 Å². The van der Waals surface area contributed by atoms with E-state index in [4.69, 9.17) is 5.11 Å². The maximum atomic E-state index is 9.14. The van der Waals surface area contributed by atoms with E-state index in [0.29, 0.717) is 17.9 Å². The first-order chi connectivity index (χ1) is 8.13. The zero-order chi connectivity index (χ0) is 12.7. The number of hydrogen-bond acceptors (Lipinski definition) is 3. The second kappa shape index (κ2) is 7.34. The summed E-state index contributed by atoms with van der Waals surface area (Å²) in [7, 11) is 0. The molecule has 102 valence electrons. The lowest BCUT2D eigenvalue weighted by molar-refractivity contribution is 0.0924. The van der Waals surface area contributed by atoms with Crippen LogP contribution in [0.1, 0.15) is 40.0 Å². The highest BCUT2D eigenvalue weighted by Gasteiger charge is 2.27. The smallest absolute Gasteiger partial charge is 0.0460 e. The van der Waals surface area contributed by atoms with E-state index in [-0.39, 0.29) is 0 Å². The molecule has 0 aliphatic carbocycles. The van der Waals surface area contributed by atoms with Gasteiger partial charge >= 0.3 is 0 Å². The molecule has 1 heterocycles. The Morgan fingerprint density at radius 3 is 2.41 bits per heavy atom. The Labute approximate surface area is 107 Å². The average Bonchev–Trinajstić information content (AvgIpc) is 2.37. The van der Waals surface area contributed by atoms with E-state index in [0.717, 1.165) is 39.0 Å². The van der Waals surface area contributed by atoms with Crippen LogP contribution in [0.4, 0.5) is 0 Å². The first-order valence-corrected chi connectivity index (χ1v) is 7.17. The molecule has 1 fully saturated rings. The molecule has 0 aromatic rings. The van der Waals surface area contributed by atoms with Crippen molar-refractivity contribution in [3.05, 3.63) is 0 Å². The number of aliphatic hydroxyl groups excluding tert-OH is 1. The molecule has 0 saturated carbocycles. The Kier molecular flexibility index (Phi) is 6.45. The van der Waals surface area contributed by atoms with Crippen molar-refractivity contribution in [1.82, 2.24) is 10.2 Å². The van der Waals surface area contributed by atoms with Crippen LogP contribution in [-0.2, 0) is 0 Å². The van der Waals surface area contributed by atoms with Crippen LogP contribution in [-0.4, -0.2) is 49.3 Å². The van der Waals surface area contributed by atoms with Crippen LogP contribution >= 0.6 is 0 Å². The molecular weight excluding hydrogens is 212 g/mol. The predicted octanol–water partition coefficient (Wildman–Crippen LogP) is 1.72. The highest BCUT2D eigenvalue weighted by atomic mass is 16.3. The van der Waals surface area contributed by atoms with Crippen LogP contribution in [0.25, 0.3) is 0 Å². The van der Waals surface area contributed by atoms with E-state index in [1.54, 1.807) is 0 Å². The third-order valence-corrected chi connectivity index (χ3v) is 4.23. The topological polar surface area (TPSA) is 35.5 Å². The lowest BCUT2D eigenvalue weighted by Gasteiger charge is -2.38. The minimum Gasteiger partial charge on any atom is -0.396 e. The molecule has 0 radical (unpaired) electrons. The second-order valence-electron chi connectivity index (χ2n) is 5.85. The van der Waals surface area contributed by atoms with Crippen LogP contribution in [0.2, 0.25) is 0 Å². The van der Waals surface area contributed by atoms with E-state index in [9.17, 15) is 0 Å². The van der Waals surface area contributed by atoms with Gasteiger partial charge in [-0.05, 0) is 50.2 Å². The first-order valence-electron chi connectivity index (χ1n) is 7.17. The van der Waals surface area contributed by atoms with Crippen LogP contribution in [0.15, 0.2) is 0 Å². The molecule has 1 rings (SSSR count). The van der Waals surface area contributed by atoms with Gasteiger partial charge in [0.05, 0.1) is 0 Å². The van der Waals surface area contributed by atoms with E-state index in [1.807, 2.05) is 0 Å². The van der Waals surface area contributed by atoms with Gasteiger partial charge in [-0.15, -0.1) is 0 Å². The van der Waals surface area contributed by atoms with Crippen molar-refractivity contribution in [2.24, 2.45) is 11.3 Å². The Hall–Kier alpha value is -0.120.